The number of rotatable bonds is 6. The Morgan fingerprint density at radius 3 is 2.71 bits per heavy atom. The number of halogens is 1. The third-order valence-electron chi connectivity index (χ3n) is 6.25. The van der Waals surface area contributed by atoms with Gasteiger partial charge in [-0.25, -0.2) is 0 Å². The average Bonchev–Trinajstić information content (AvgIpc) is 3.33. The first-order valence-electron chi connectivity index (χ1n) is 11.2. The van der Waals surface area contributed by atoms with Crippen LogP contribution < -0.4 is 15.9 Å². The van der Waals surface area contributed by atoms with Crippen molar-refractivity contribution in [1.82, 2.24) is 14.8 Å². The molecule has 1 saturated heterocycles. The summed E-state index contributed by atoms with van der Waals surface area (Å²) in [6.45, 7) is 8.67. The lowest BCUT2D eigenvalue weighted by molar-refractivity contribution is -0.138. The van der Waals surface area contributed by atoms with Crippen molar-refractivity contribution in [2.24, 2.45) is 5.16 Å². The minimum Gasteiger partial charge on any atom is -0.480 e. The summed E-state index contributed by atoms with van der Waals surface area (Å²) in [6, 6.07) is 14.2. The van der Waals surface area contributed by atoms with Gasteiger partial charge in [-0.2, -0.15) is 0 Å². The fraction of sp³-hybridized carbons (Fsp3) is 0.280. The van der Waals surface area contributed by atoms with Crippen molar-refractivity contribution in [3.63, 3.8) is 0 Å². The van der Waals surface area contributed by atoms with Crippen LogP contribution in [0.3, 0.4) is 0 Å². The number of para-hydroxylation sites is 1. The fourth-order valence-electron chi connectivity index (χ4n) is 4.55. The van der Waals surface area contributed by atoms with Gasteiger partial charge < -0.3 is 20.2 Å². The number of anilines is 1. The number of aromatic nitrogens is 1. The number of H-pyrrole nitrogens is 1. The maximum atomic E-state index is 10.9. The van der Waals surface area contributed by atoms with E-state index < -0.39 is 5.97 Å². The summed E-state index contributed by atoms with van der Waals surface area (Å²) in [5, 5.41) is 19.9. The molecule has 5 rings (SSSR count). The summed E-state index contributed by atoms with van der Waals surface area (Å²) in [7, 11) is 0. The highest BCUT2D eigenvalue weighted by molar-refractivity contribution is 9.10. The van der Waals surface area contributed by atoms with Crippen molar-refractivity contribution in [2.75, 3.05) is 51.2 Å². The van der Waals surface area contributed by atoms with Crippen LogP contribution in [0.5, 0.6) is 0 Å². The summed E-state index contributed by atoms with van der Waals surface area (Å²) in [5.41, 5.74) is 4.61. The fourth-order valence-corrected chi connectivity index (χ4v) is 4.91. The third kappa shape index (κ3) is 4.59. The Bertz CT molecular complexity index is 1370. The van der Waals surface area contributed by atoms with E-state index in [0.29, 0.717) is 6.61 Å². The first-order valence-corrected chi connectivity index (χ1v) is 12.0. The summed E-state index contributed by atoms with van der Waals surface area (Å²) < 4.78 is 0.995. The van der Waals surface area contributed by atoms with Gasteiger partial charge in [0.1, 0.15) is 12.3 Å². The number of hydrogen-bond donors (Lipinski definition) is 3. The quantitative estimate of drug-likeness (QED) is 0.338. The zero-order valence-electron chi connectivity index (χ0n) is 18.7. The van der Waals surface area contributed by atoms with Gasteiger partial charge in [0.05, 0.1) is 12.2 Å². The molecule has 1 fully saturated rings. The van der Waals surface area contributed by atoms with Crippen molar-refractivity contribution in [1.29, 1.82) is 0 Å². The van der Waals surface area contributed by atoms with Crippen molar-refractivity contribution in [2.45, 2.75) is 0 Å². The first-order chi connectivity index (χ1) is 16.5. The molecule has 2 aromatic carbocycles. The van der Waals surface area contributed by atoms with Crippen molar-refractivity contribution >= 4 is 56.5 Å². The van der Waals surface area contributed by atoms with Crippen LogP contribution in [0.4, 0.5) is 5.69 Å². The van der Waals surface area contributed by atoms with Crippen molar-refractivity contribution in [3.05, 3.63) is 63.1 Å². The van der Waals surface area contributed by atoms with Crippen LogP contribution in [0.1, 0.15) is 5.56 Å². The molecule has 1 aromatic heterocycles. The standard InChI is InChI=1S/C25H26BrN5O3/c1-16-23(19-14-17(26)6-7-21(19)27-16)25-24(18-4-2-3-5-20(18)28-25)29-34-13-12-30-8-10-31(11-9-30)15-22(32)33/h2-7,14,27-28H,1,8-13,15H2,(H,32,33)/b25-23+,29-24+. The molecule has 8 nitrogen and oxygen atoms in total. The minimum atomic E-state index is -0.780. The topological polar surface area (TPSA) is 93.2 Å². The SMILES string of the molecule is C=c1[nH]c2ccc(Br)cc2/c1=C1/Nc2ccccc2/C1=N\OCCN1CCN(CC(=O)O)CC1. The number of nitrogens with one attached hydrogen (secondary N) is 2. The van der Waals surface area contributed by atoms with Crippen LogP contribution in [-0.4, -0.2) is 77.4 Å². The molecule has 3 N–H and O–H groups in total. The molecule has 9 heteroatoms. The second kappa shape index (κ2) is 9.61. The number of carbonyl (C=O) groups is 1. The summed E-state index contributed by atoms with van der Waals surface area (Å²) >= 11 is 3.58. The lowest BCUT2D eigenvalue weighted by Crippen LogP contribution is -2.48. The Morgan fingerprint density at radius 1 is 1.15 bits per heavy atom. The number of carboxylic acid groups (broad SMARTS) is 1. The molecule has 0 amide bonds. The monoisotopic (exact) mass is 523 g/mol. The van der Waals surface area contributed by atoms with Gasteiger partial charge >= 0.3 is 5.97 Å². The smallest absolute Gasteiger partial charge is 0.317 e. The first kappa shape index (κ1) is 22.6. The Morgan fingerprint density at radius 2 is 1.91 bits per heavy atom. The highest BCUT2D eigenvalue weighted by atomic mass is 79.9. The minimum absolute atomic E-state index is 0.0989. The molecule has 34 heavy (non-hydrogen) atoms. The Balaban J connectivity index is 1.37. The normalized spacial score (nSPS) is 19.4. The van der Waals surface area contributed by atoms with Gasteiger partial charge in [-0.05, 0) is 24.3 Å². The van der Waals surface area contributed by atoms with Gasteiger partial charge in [0, 0.05) is 69.9 Å². The predicted molar refractivity (Wildman–Crippen MR) is 137 cm³/mol. The van der Waals surface area contributed by atoms with Crippen LogP contribution in [0, 0.1) is 0 Å². The van der Waals surface area contributed by atoms with E-state index in [0.717, 1.165) is 81.3 Å². The molecule has 0 spiro atoms. The summed E-state index contributed by atoms with van der Waals surface area (Å²) in [6.07, 6.45) is 0. The number of carboxylic acids is 1. The van der Waals surface area contributed by atoms with Gasteiger partial charge in [0.25, 0.3) is 0 Å². The van der Waals surface area contributed by atoms with E-state index in [1.165, 1.54) is 0 Å². The van der Waals surface area contributed by atoms with Crippen LogP contribution in [0.15, 0.2) is 52.1 Å². The third-order valence-corrected chi connectivity index (χ3v) is 6.74. The molecule has 0 bridgehead atoms. The largest absolute Gasteiger partial charge is 0.480 e. The maximum Gasteiger partial charge on any atom is 0.317 e. The lowest BCUT2D eigenvalue weighted by Gasteiger charge is -2.33. The van der Waals surface area contributed by atoms with E-state index >= 15 is 0 Å². The molecule has 0 atom stereocenters. The average molecular weight is 524 g/mol. The lowest BCUT2D eigenvalue weighted by atomic mass is 10.1. The molecule has 2 aliphatic heterocycles. The van der Waals surface area contributed by atoms with E-state index in [4.69, 9.17) is 9.94 Å². The second-order valence-electron chi connectivity index (χ2n) is 8.50. The molecule has 0 saturated carbocycles. The van der Waals surface area contributed by atoms with Gasteiger partial charge in [-0.15, -0.1) is 0 Å². The summed E-state index contributed by atoms with van der Waals surface area (Å²) in [5.74, 6) is -0.780. The zero-order valence-corrected chi connectivity index (χ0v) is 20.3. The van der Waals surface area contributed by atoms with E-state index in [-0.39, 0.29) is 6.54 Å². The predicted octanol–water partition coefficient (Wildman–Crippen LogP) is 2.00. The molecule has 0 aliphatic carbocycles. The van der Waals surface area contributed by atoms with Crippen LogP contribution in [0.25, 0.3) is 23.2 Å². The number of piperazine rings is 1. The van der Waals surface area contributed by atoms with E-state index in [1.54, 1.807) is 0 Å². The Kier molecular flexibility index (Phi) is 6.40. The highest BCUT2D eigenvalue weighted by Gasteiger charge is 2.25. The van der Waals surface area contributed by atoms with Crippen molar-refractivity contribution in [3.8, 4) is 0 Å². The number of aliphatic carboxylic acids is 1. The molecule has 3 heterocycles. The zero-order chi connectivity index (χ0) is 23.7. The molecule has 0 unspecified atom stereocenters. The van der Waals surface area contributed by atoms with Crippen LogP contribution in [0.2, 0.25) is 0 Å². The molecular weight excluding hydrogens is 498 g/mol. The molecule has 176 valence electrons. The van der Waals surface area contributed by atoms with Gasteiger partial charge in [0.2, 0.25) is 0 Å². The molecule has 3 aromatic rings. The Hall–Kier alpha value is -3.14. The molecule has 2 aliphatic rings. The highest BCUT2D eigenvalue weighted by Crippen LogP contribution is 2.29. The van der Waals surface area contributed by atoms with Crippen LogP contribution in [-0.2, 0) is 9.63 Å². The number of nitrogens with zero attached hydrogens (tertiary/aromatic N) is 3. The second-order valence-corrected chi connectivity index (χ2v) is 9.41. The number of oxime groups is 1. The van der Waals surface area contributed by atoms with Crippen LogP contribution >= 0.6 is 15.9 Å². The maximum absolute atomic E-state index is 10.9. The Labute approximate surface area is 205 Å². The van der Waals surface area contributed by atoms with E-state index in [2.05, 4.69) is 48.9 Å². The van der Waals surface area contributed by atoms with E-state index in [1.807, 2.05) is 41.3 Å². The van der Waals surface area contributed by atoms with Gasteiger partial charge in [-0.3, -0.25) is 14.6 Å². The molecular formula is C25H26BrN5O3. The van der Waals surface area contributed by atoms with Gasteiger partial charge in [-0.1, -0.05) is 45.9 Å². The number of hydrogen-bond acceptors (Lipinski definition) is 6. The molecule has 0 radical (unpaired) electrons. The van der Waals surface area contributed by atoms with Crippen molar-refractivity contribution < 1.29 is 14.7 Å². The number of aromatic amines is 1. The summed E-state index contributed by atoms with van der Waals surface area (Å²) in [4.78, 5) is 24.3. The van der Waals surface area contributed by atoms with Gasteiger partial charge in [0.15, 0.2) is 0 Å². The number of benzene rings is 2. The van der Waals surface area contributed by atoms with E-state index in [9.17, 15) is 4.79 Å². The number of fused-ring (bicyclic) bond motifs is 2.